The standard InChI is InChI=1S/C12H24N2/c1-10-3-2-4-12(6-5-10)14-9-11-7-13-8-11/h10-14H,2-9H2,1H3. The molecule has 0 bridgehead atoms. The van der Waals surface area contributed by atoms with Crippen LogP contribution in [0, 0.1) is 11.8 Å². The molecule has 82 valence electrons. The maximum Gasteiger partial charge on any atom is 0.00672 e. The Morgan fingerprint density at radius 1 is 1.14 bits per heavy atom. The molecule has 1 saturated carbocycles. The summed E-state index contributed by atoms with van der Waals surface area (Å²) in [4.78, 5) is 0. The molecule has 2 aliphatic rings. The normalized spacial score (nSPS) is 34.9. The van der Waals surface area contributed by atoms with Gasteiger partial charge in [0, 0.05) is 25.7 Å². The van der Waals surface area contributed by atoms with Crippen LogP contribution in [0.15, 0.2) is 0 Å². The van der Waals surface area contributed by atoms with E-state index in [9.17, 15) is 0 Å². The van der Waals surface area contributed by atoms with Crippen LogP contribution in [0.25, 0.3) is 0 Å². The predicted octanol–water partition coefficient (Wildman–Crippen LogP) is 1.76. The number of nitrogens with one attached hydrogen (secondary N) is 2. The maximum atomic E-state index is 3.74. The number of rotatable bonds is 3. The fourth-order valence-electron chi connectivity index (χ4n) is 2.52. The summed E-state index contributed by atoms with van der Waals surface area (Å²) in [6, 6.07) is 0.820. The molecular formula is C12H24N2. The Hall–Kier alpha value is -0.0800. The highest BCUT2D eigenvalue weighted by Crippen LogP contribution is 2.22. The van der Waals surface area contributed by atoms with Crippen molar-refractivity contribution in [3.05, 3.63) is 0 Å². The van der Waals surface area contributed by atoms with E-state index >= 15 is 0 Å². The van der Waals surface area contributed by atoms with Gasteiger partial charge < -0.3 is 10.6 Å². The number of hydrogen-bond acceptors (Lipinski definition) is 2. The molecular weight excluding hydrogens is 172 g/mol. The SMILES string of the molecule is CC1CCCC(NCC2CNC2)CC1. The first-order valence-corrected chi connectivity index (χ1v) is 6.28. The van der Waals surface area contributed by atoms with Gasteiger partial charge in [-0.3, -0.25) is 0 Å². The van der Waals surface area contributed by atoms with Gasteiger partial charge in [0.15, 0.2) is 0 Å². The summed E-state index contributed by atoms with van der Waals surface area (Å²) in [5.41, 5.74) is 0. The second kappa shape index (κ2) is 5.13. The van der Waals surface area contributed by atoms with E-state index in [0.29, 0.717) is 0 Å². The highest BCUT2D eigenvalue weighted by atomic mass is 15.0. The van der Waals surface area contributed by atoms with Gasteiger partial charge in [-0.25, -0.2) is 0 Å². The lowest BCUT2D eigenvalue weighted by atomic mass is 10.0. The molecule has 1 aliphatic carbocycles. The molecule has 2 atom stereocenters. The van der Waals surface area contributed by atoms with Crippen LogP contribution >= 0.6 is 0 Å². The third-order valence-electron chi connectivity index (χ3n) is 3.82. The van der Waals surface area contributed by atoms with Crippen LogP contribution in [0.3, 0.4) is 0 Å². The molecule has 2 heteroatoms. The Labute approximate surface area is 87.8 Å². The summed E-state index contributed by atoms with van der Waals surface area (Å²) in [6.07, 6.45) is 7.12. The summed E-state index contributed by atoms with van der Waals surface area (Å²) in [6.45, 7) is 6.11. The summed E-state index contributed by atoms with van der Waals surface area (Å²) in [7, 11) is 0. The molecule has 0 radical (unpaired) electrons. The largest absolute Gasteiger partial charge is 0.316 e. The third-order valence-corrected chi connectivity index (χ3v) is 3.82. The molecule has 0 spiro atoms. The molecule has 2 nitrogen and oxygen atoms in total. The highest BCUT2D eigenvalue weighted by Gasteiger charge is 2.20. The van der Waals surface area contributed by atoms with Gasteiger partial charge >= 0.3 is 0 Å². The Bertz CT molecular complexity index is 166. The zero-order chi connectivity index (χ0) is 9.80. The molecule has 2 fully saturated rings. The van der Waals surface area contributed by atoms with Crippen molar-refractivity contribution in [2.75, 3.05) is 19.6 Å². The molecule has 2 N–H and O–H groups in total. The van der Waals surface area contributed by atoms with E-state index in [4.69, 9.17) is 0 Å². The van der Waals surface area contributed by atoms with E-state index in [0.717, 1.165) is 17.9 Å². The van der Waals surface area contributed by atoms with Crippen molar-refractivity contribution in [1.82, 2.24) is 10.6 Å². The van der Waals surface area contributed by atoms with Gasteiger partial charge in [-0.15, -0.1) is 0 Å². The van der Waals surface area contributed by atoms with Crippen molar-refractivity contribution in [3.8, 4) is 0 Å². The van der Waals surface area contributed by atoms with E-state index in [1.807, 2.05) is 0 Å². The van der Waals surface area contributed by atoms with E-state index < -0.39 is 0 Å². The van der Waals surface area contributed by atoms with Crippen molar-refractivity contribution in [3.63, 3.8) is 0 Å². The first-order chi connectivity index (χ1) is 6.84. The Morgan fingerprint density at radius 2 is 2.00 bits per heavy atom. The van der Waals surface area contributed by atoms with Gasteiger partial charge in [0.05, 0.1) is 0 Å². The summed E-state index contributed by atoms with van der Waals surface area (Å²) >= 11 is 0. The molecule has 1 heterocycles. The molecule has 1 saturated heterocycles. The fraction of sp³-hybridized carbons (Fsp3) is 1.00. The zero-order valence-electron chi connectivity index (χ0n) is 9.39. The van der Waals surface area contributed by atoms with Crippen LogP contribution in [-0.4, -0.2) is 25.7 Å². The summed E-state index contributed by atoms with van der Waals surface area (Å²) in [5.74, 6) is 1.88. The van der Waals surface area contributed by atoms with Crippen molar-refractivity contribution in [2.24, 2.45) is 11.8 Å². The van der Waals surface area contributed by atoms with Crippen LogP contribution in [0.2, 0.25) is 0 Å². The molecule has 0 amide bonds. The predicted molar refractivity (Wildman–Crippen MR) is 60.4 cm³/mol. The van der Waals surface area contributed by atoms with Gasteiger partial charge in [-0.1, -0.05) is 19.8 Å². The maximum absolute atomic E-state index is 3.74. The lowest BCUT2D eigenvalue weighted by Gasteiger charge is -2.29. The van der Waals surface area contributed by atoms with Crippen molar-refractivity contribution >= 4 is 0 Å². The van der Waals surface area contributed by atoms with Crippen LogP contribution in [-0.2, 0) is 0 Å². The minimum atomic E-state index is 0.820. The minimum Gasteiger partial charge on any atom is -0.316 e. The third kappa shape index (κ3) is 2.96. The van der Waals surface area contributed by atoms with E-state index in [1.165, 1.54) is 51.7 Å². The van der Waals surface area contributed by atoms with Gasteiger partial charge in [-0.05, 0) is 31.1 Å². The zero-order valence-corrected chi connectivity index (χ0v) is 9.39. The van der Waals surface area contributed by atoms with E-state index in [2.05, 4.69) is 17.6 Å². The Morgan fingerprint density at radius 3 is 2.71 bits per heavy atom. The smallest absolute Gasteiger partial charge is 0.00672 e. The fourth-order valence-corrected chi connectivity index (χ4v) is 2.52. The molecule has 2 unspecified atom stereocenters. The van der Waals surface area contributed by atoms with E-state index in [-0.39, 0.29) is 0 Å². The quantitative estimate of drug-likeness (QED) is 0.672. The highest BCUT2D eigenvalue weighted by molar-refractivity contribution is 4.80. The van der Waals surface area contributed by atoms with Crippen LogP contribution < -0.4 is 10.6 Å². The molecule has 0 aromatic rings. The lowest BCUT2D eigenvalue weighted by molar-refractivity contribution is 0.308. The van der Waals surface area contributed by atoms with Crippen LogP contribution in [0.4, 0.5) is 0 Å². The lowest BCUT2D eigenvalue weighted by Crippen LogP contribution is -2.48. The second-order valence-electron chi connectivity index (χ2n) is 5.24. The van der Waals surface area contributed by atoms with Gasteiger partial charge in [-0.2, -0.15) is 0 Å². The topological polar surface area (TPSA) is 24.1 Å². The average Bonchev–Trinajstić information content (AvgIpc) is 2.28. The van der Waals surface area contributed by atoms with Crippen molar-refractivity contribution in [1.29, 1.82) is 0 Å². The number of hydrogen-bond donors (Lipinski definition) is 2. The van der Waals surface area contributed by atoms with Crippen LogP contribution in [0.5, 0.6) is 0 Å². The van der Waals surface area contributed by atoms with Crippen molar-refractivity contribution in [2.45, 2.75) is 45.1 Å². The van der Waals surface area contributed by atoms with Gasteiger partial charge in [0.25, 0.3) is 0 Å². The summed E-state index contributed by atoms with van der Waals surface area (Å²) < 4.78 is 0. The van der Waals surface area contributed by atoms with Crippen LogP contribution in [0.1, 0.15) is 39.0 Å². The molecule has 0 aromatic heterocycles. The molecule has 0 aromatic carbocycles. The Balaban J connectivity index is 1.63. The molecule has 1 aliphatic heterocycles. The first kappa shape index (κ1) is 10.4. The first-order valence-electron chi connectivity index (χ1n) is 6.28. The summed E-state index contributed by atoms with van der Waals surface area (Å²) in [5, 5.41) is 7.07. The average molecular weight is 196 g/mol. The monoisotopic (exact) mass is 196 g/mol. The van der Waals surface area contributed by atoms with E-state index in [1.54, 1.807) is 0 Å². The Kier molecular flexibility index (Phi) is 3.82. The molecule has 2 rings (SSSR count). The minimum absolute atomic E-state index is 0.820. The molecule has 14 heavy (non-hydrogen) atoms. The van der Waals surface area contributed by atoms with Crippen molar-refractivity contribution < 1.29 is 0 Å². The van der Waals surface area contributed by atoms with Gasteiger partial charge in [0.2, 0.25) is 0 Å². The van der Waals surface area contributed by atoms with Gasteiger partial charge in [0.1, 0.15) is 0 Å². The second-order valence-corrected chi connectivity index (χ2v) is 5.24.